The van der Waals surface area contributed by atoms with Gasteiger partial charge in [0.05, 0.1) is 26.9 Å². The van der Waals surface area contributed by atoms with Crippen molar-refractivity contribution in [3.8, 4) is 29.1 Å². The summed E-state index contributed by atoms with van der Waals surface area (Å²) in [6.45, 7) is 3.75. The van der Waals surface area contributed by atoms with Crippen LogP contribution in [0.3, 0.4) is 0 Å². The van der Waals surface area contributed by atoms with Crippen LogP contribution in [0.1, 0.15) is 15.9 Å². The van der Waals surface area contributed by atoms with Crippen LogP contribution in [0.25, 0.3) is 6.08 Å². The van der Waals surface area contributed by atoms with Gasteiger partial charge in [-0.1, -0.05) is 12.1 Å². The van der Waals surface area contributed by atoms with Crippen LogP contribution in [0.15, 0.2) is 54.6 Å². The second-order valence-corrected chi connectivity index (χ2v) is 6.04. The van der Waals surface area contributed by atoms with Crippen LogP contribution in [0, 0.1) is 11.3 Å². The molecule has 0 aliphatic heterocycles. The number of nitrogens with zero attached hydrogens (tertiary/aromatic N) is 1. The summed E-state index contributed by atoms with van der Waals surface area (Å²) in [5.41, 5.74) is 0.696. The van der Waals surface area contributed by atoms with E-state index in [0.29, 0.717) is 17.1 Å². The molecule has 8 nitrogen and oxygen atoms in total. The van der Waals surface area contributed by atoms with E-state index in [1.807, 2.05) is 6.07 Å². The van der Waals surface area contributed by atoms with Gasteiger partial charge in [0, 0.05) is 6.54 Å². The number of amides is 1. The second-order valence-electron chi connectivity index (χ2n) is 6.04. The molecule has 0 spiro atoms. The summed E-state index contributed by atoms with van der Waals surface area (Å²) in [5.74, 6) is 0.163. The first kappa shape index (κ1) is 23.0. The lowest BCUT2D eigenvalue weighted by atomic mass is 10.1. The van der Waals surface area contributed by atoms with Crippen LogP contribution in [0.4, 0.5) is 0 Å². The Morgan fingerprint density at radius 3 is 2.26 bits per heavy atom. The Balaban J connectivity index is 2.26. The third kappa shape index (κ3) is 5.87. The second kappa shape index (κ2) is 11.1. The average Bonchev–Trinajstić information content (AvgIpc) is 2.80. The number of ether oxygens (including phenoxy) is 4. The van der Waals surface area contributed by atoms with Crippen LogP contribution < -0.4 is 24.3 Å². The van der Waals surface area contributed by atoms with Crippen molar-refractivity contribution in [2.24, 2.45) is 0 Å². The van der Waals surface area contributed by atoms with Crippen molar-refractivity contribution < 1.29 is 28.5 Å². The van der Waals surface area contributed by atoms with Crippen molar-refractivity contribution in [3.63, 3.8) is 0 Å². The van der Waals surface area contributed by atoms with Gasteiger partial charge in [-0.15, -0.1) is 6.58 Å². The Morgan fingerprint density at radius 1 is 1.00 bits per heavy atom. The summed E-state index contributed by atoms with van der Waals surface area (Å²) >= 11 is 0. The van der Waals surface area contributed by atoms with E-state index in [1.165, 1.54) is 45.6 Å². The first-order valence-electron chi connectivity index (χ1n) is 9.10. The molecule has 0 aliphatic carbocycles. The molecule has 2 aromatic carbocycles. The van der Waals surface area contributed by atoms with E-state index in [9.17, 15) is 14.9 Å². The zero-order valence-electron chi connectivity index (χ0n) is 17.4. The Labute approximate surface area is 180 Å². The van der Waals surface area contributed by atoms with Gasteiger partial charge in [-0.05, 0) is 42.0 Å². The molecule has 2 rings (SSSR count). The molecule has 0 aliphatic rings. The fraction of sp³-hybridized carbons (Fsp3) is 0.174. The van der Waals surface area contributed by atoms with Gasteiger partial charge in [0.15, 0.2) is 23.0 Å². The molecule has 2 aromatic rings. The molecule has 0 heterocycles. The van der Waals surface area contributed by atoms with E-state index < -0.39 is 11.9 Å². The zero-order chi connectivity index (χ0) is 22.8. The average molecular weight is 422 g/mol. The quantitative estimate of drug-likeness (QED) is 0.217. The maximum absolute atomic E-state index is 12.6. The summed E-state index contributed by atoms with van der Waals surface area (Å²) in [7, 11) is 4.38. The highest BCUT2D eigenvalue weighted by Crippen LogP contribution is 2.31. The van der Waals surface area contributed by atoms with Gasteiger partial charge in [-0.3, -0.25) is 4.79 Å². The fourth-order valence-corrected chi connectivity index (χ4v) is 2.56. The fourth-order valence-electron chi connectivity index (χ4n) is 2.56. The molecule has 1 N–H and O–H groups in total. The maximum Gasteiger partial charge on any atom is 0.343 e. The number of benzene rings is 2. The normalized spacial score (nSPS) is 10.5. The molecular weight excluding hydrogens is 400 g/mol. The number of hydrogen-bond donors (Lipinski definition) is 1. The molecule has 0 fully saturated rings. The van der Waals surface area contributed by atoms with Crippen LogP contribution in [-0.4, -0.2) is 39.8 Å². The minimum atomic E-state index is -0.621. The van der Waals surface area contributed by atoms with Crippen molar-refractivity contribution in [2.45, 2.75) is 0 Å². The molecule has 0 saturated carbocycles. The lowest BCUT2D eigenvalue weighted by molar-refractivity contribution is -0.116. The predicted octanol–water partition coefficient (Wildman–Crippen LogP) is 3.14. The molecule has 0 bridgehead atoms. The number of methoxy groups -OCH3 is 3. The number of hydrogen-bond acceptors (Lipinski definition) is 7. The van der Waals surface area contributed by atoms with Crippen molar-refractivity contribution in [1.82, 2.24) is 5.32 Å². The van der Waals surface area contributed by atoms with Gasteiger partial charge < -0.3 is 24.3 Å². The molecule has 31 heavy (non-hydrogen) atoms. The van der Waals surface area contributed by atoms with Crippen molar-refractivity contribution in [3.05, 3.63) is 65.8 Å². The van der Waals surface area contributed by atoms with E-state index in [1.54, 1.807) is 24.3 Å². The Kier molecular flexibility index (Phi) is 8.22. The minimum absolute atomic E-state index is 0.0843. The monoisotopic (exact) mass is 422 g/mol. The van der Waals surface area contributed by atoms with Crippen molar-refractivity contribution in [2.75, 3.05) is 27.9 Å². The molecule has 0 aromatic heterocycles. The van der Waals surface area contributed by atoms with E-state index in [0.717, 1.165) is 0 Å². The Bertz CT molecular complexity index is 1050. The van der Waals surface area contributed by atoms with Gasteiger partial charge in [-0.2, -0.15) is 5.26 Å². The van der Waals surface area contributed by atoms with Crippen LogP contribution >= 0.6 is 0 Å². The van der Waals surface area contributed by atoms with Crippen LogP contribution in [-0.2, 0) is 4.79 Å². The summed E-state index contributed by atoms with van der Waals surface area (Å²) < 4.78 is 21.1. The highest BCUT2D eigenvalue weighted by molar-refractivity contribution is 6.01. The number of carbonyl (C=O) groups excluding carboxylic acids is 2. The molecule has 8 heteroatoms. The molecule has 0 radical (unpaired) electrons. The van der Waals surface area contributed by atoms with Crippen LogP contribution in [0.5, 0.6) is 23.0 Å². The smallest absolute Gasteiger partial charge is 0.343 e. The zero-order valence-corrected chi connectivity index (χ0v) is 17.4. The van der Waals surface area contributed by atoms with Crippen molar-refractivity contribution >= 4 is 18.0 Å². The van der Waals surface area contributed by atoms with Gasteiger partial charge in [0.1, 0.15) is 11.6 Å². The number of esters is 1. The molecule has 0 atom stereocenters. The third-order valence-electron chi connectivity index (χ3n) is 4.09. The van der Waals surface area contributed by atoms with Gasteiger partial charge in [0.2, 0.25) is 0 Å². The van der Waals surface area contributed by atoms with Crippen molar-refractivity contribution in [1.29, 1.82) is 5.26 Å². The summed E-state index contributed by atoms with van der Waals surface area (Å²) in [5, 5.41) is 11.8. The highest BCUT2D eigenvalue weighted by atomic mass is 16.6. The van der Waals surface area contributed by atoms with Crippen LogP contribution in [0.2, 0.25) is 0 Å². The molecule has 1 amide bonds. The Morgan fingerprint density at radius 2 is 1.65 bits per heavy atom. The lowest BCUT2D eigenvalue weighted by Gasteiger charge is -2.12. The first-order chi connectivity index (χ1) is 15.0. The predicted molar refractivity (Wildman–Crippen MR) is 114 cm³/mol. The minimum Gasteiger partial charge on any atom is -0.493 e. The summed E-state index contributed by atoms with van der Waals surface area (Å²) in [4.78, 5) is 24.5. The third-order valence-corrected chi connectivity index (χ3v) is 4.09. The van der Waals surface area contributed by atoms with E-state index >= 15 is 0 Å². The SMILES string of the molecule is C=CCNC(=O)C(C#N)=Cc1ccc(OC(=O)c2ccc(OC)c(OC)c2)c(OC)c1. The first-order valence-corrected chi connectivity index (χ1v) is 9.10. The van der Waals surface area contributed by atoms with Gasteiger partial charge >= 0.3 is 5.97 Å². The number of carbonyl (C=O) groups is 2. The highest BCUT2D eigenvalue weighted by Gasteiger charge is 2.16. The van der Waals surface area contributed by atoms with E-state index in [4.69, 9.17) is 18.9 Å². The number of nitrogens with one attached hydrogen (secondary N) is 1. The molecule has 0 saturated heterocycles. The van der Waals surface area contributed by atoms with E-state index in [2.05, 4.69) is 11.9 Å². The molecule has 160 valence electrons. The van der Waals surface area contributed by atoms with Gasteiger partial charge in [-0.25, -0.2) is 4.79 Å². The molecular formula is C23H22N2O6. The Hall–Kier alpha value is -4.25. The summed E-state index contributed by atoms with van der Waals surface area (Å²) in [6.07, 6.45) is 2.92. The van der Waals surface area contributed by atoms with Gasteiger partial charge in [0.25, 0.3) is 5.91 Å². The van der Waals surface area contributed by atoms with E-state index in [-0.39, 0.29) is 29.2 Å². The molecule has 0 unspecified atom stereocenters. The standard InChI is InChI=1S/C23H22N2O6/c1-5-10-25-22(26)17(14-24)11-15-6-8-19(20(12-15)29-3)31-23(27)16-7-9-18(28-2)21(13-16)30-4/h5-9,11-13H,1,10H2,2-4H3,(H,25,26). The topological polar surface area (TPSA) is 107 Å². The number of rotatable bonds is 9. The lowest BCUT2D eigenvalue weighted by Crippen LogP contribution is -2.24. The summed E-state index contributed by atoms with van der Waals surface area (Å²) in [6, 6.07) is 11.2. The number of nitriles is 1. The maximum atomic E-state index is 12.6. The largest absolute Gasteiger partial charge is 0.493 e.